The average molecular weight is 288 g/mol. The number of hydrogen-bond acceptors (Lipinski definition) is 1. The highest BCUT2D eigenvalue weighted by molar-refractivity contribution is 5.80. The van der Waals surface area contributed by atoms with Crippen molar-refractivity contribution in [2.75, 3.05) is 0 Å². The van der Waals surface area contributed by atoms with Crippen LogP contribution in [0, 0.1) is 11.6 Å². The molecule has 4 heteroatoms. The van der Waals surface area contributed by atoms with Gasteiger partial charge < -0.3 is 5.11 Å². The maximum absolute atomic E-state index is 13.2. The Morgan fingerprint density at radius 2 is 1.62 bits per heavy atom. The Bertz CT molecular complexity index is 668. The van der Waals surface area contributed by atoms with Gasteiger partial charge in [-0.3, -0.25) is 0 Å². The number of halogens is 2. The number of allylic oxidation sites excluding steroid dienone is 1. The van der Waals surface area contributed by atoms with Crippen molar-refractivity contribution in [3.8, 4) is 11.1 Å². The van der Waals surface area contributed by atoms with Crippen LogP contribution in [0.25, 0.3) is 11.1 Å². The van der Waals surface area contributed by atoms with Gasteiger partial charge >= 0.3 is 5.97 Å². The van der Waals surface area contributed by atoms with Gasteiger partial charge in [0.05, 0.1) is 0 Å². The van der Waals surface area contributed by atoms with Gasteiger partial charge in [-0.05, 0) is 42.2 Å². The summed E-state index contributed by atoms with van der Waals surface area (Å²) in [6, 6.07) is 10.5. The second kappa shape index (κ2) is 6.31. The fourth-order valence-electron chi connectivity index (χ4n) is 2.12. The summed E-state index contributed by atoms with van der Waals surface area (Å²) in [5.74, 6) is -2.21. The molecule has 0 aliphatic heterocycles. The Morgan fingerprint density at radius 3 is 2.14 bits per heavy atom. The van der Waals surface area contributed by atoms with E-state index in [1.165, 1.54) is 12.1 Å². The molecule has 0 atom stereocenters. The second-order valence-corrected chi connectivity index (χ2v) is 4.86. The fraction of sp³-hybridized carbons (Fsp3) is 0.118. The lowest BCUT2D eigenvalue weighted by atomic mass is 10.0. The Balaban J connectivity index is 2.21. The van der Waals surface area contributed by atoms with E-state index in [-0.39, 0.29) is 0 Å². The van der Waals surface area contributed by atoms with Crippen molar-refractivity contribution in [1.29, 1.82) is 0 Å². The van der Waals surface area contributed by atoms with Crippen molar-refractivity contribution < 1.29 is 18.7 Å². The van der Waals surface area contributed by atoms with E-state index in [4.69, 9.17) is 5.11 Å². The number of hydrogen-bond donors (Lipinski definition) is 1. The maximum atomic E-state index is 13.2. The predicted molar refractivity (Wildman–Crippen MR) is 76.9 cm³/mol. The molecule has 0 amide bonds. The van der Waals surface area contributed by atoms with Gasteiger partial charge in [0.15, 0.2) is 0 Å². The first-order valence-electron chi connectivity index (χ1n) is 6.39. The summed E-state index contributed by atoms with van der Waals surface area (Å²) in [5.41, 5.74) is 2.84. The number of carboxylic acids is 1. The largest absolute Gasteiger partial charge is 0.478 e. The molecular weight excluding hydrogens is 274 g/mol. The van der Waals surface area contributed by atoms with E-state index in [1.54, 1.807) is 19.1 Å². The molecule has 1 N–H and O–H groups in total. The number of carboxylic acid groups (broad SMARTS) is 1. The van der Waals surface area contributed by atoms with Gasteiger partial charge in [-0.2, -0.15) is 0 Å². The van der Waals surface area contributed by atoms with E-state index in [1.807, 2.05) is 12.1 Å². The highest BCUT2D eigenvalue weighted by Gasteiger charge is 2.04. The summed E-state index contributed by atoms with van der Waals surface area (Å²) in [6.07, 6.45) is 1.68. The van der Waals surface area contributed by atoms with Crippen molar-refractivity contribution in [3.05, 3.63) is 71.3 Å². The number of carbonyl (C=O) groups is 1. The molecule has 0 spiro atoms. The molecule has 0 bridgehead atoms. The molecule has 0 aliphatic carbocycles. The zero-order valence-corrected chi connectivity index (χ0v) is 11.4. The van der Waals surface area contributed by atoms with Crippen LogP contribution in [0.4, 0.5) is 8.78 Å². The van der Waals surface area contributed by atoms with Gasteiger partial charge in [-0.15, -0.1) is 0 Å². The maximum Gasteiger partial charge on any atom is 0.328 e. The van der Waals surface area contributed by atoms with Crippen molar-refractivity contribution >= 4 is 5.97 Å². The molecule has 0 aliphatic rings. The fourth-order valence-corrected chi connectivity index (χ4v) is 2.12. The molecule has 21 heavy (non-hydrogen) atoms. The van der Waals surface area contributed by atoms with Crippen molar-refractivity contribution in [2.45, 2.75) is 13.3 Å². The van der Waals surface area contributed by atoms with E-state index in [9.17, 15) is 13.6 Å². The Hall–Kier alpha value is -2.49. The lowest BCUT2D eigenvalue weighted by Gasteiger charge is -2.05. The number of aliphatic carboxylic acids is 1. The van der Waals surface area contributed by atoms with Crippen molar-refractivity contribution in [1.82, 2.24) is 0 Å². The number of benzene rings is 2. The summed E-state index contributed by atoms with van der Waals surface area (Å²) < 4.78 is 26.4. The first-order chi connectivity index (χ1) is 9.94. The molecule has 108 valence electrons. The smallest absolute Gasteiger partial charge is 0.328 e. The standard InChI is InChI=1S/C17H14F2O2/c1-11(7-17(20)21)6-12-2-4-13(5-3-12)14-8-15(18)10-16(19)9-14/h2-5,7-10H,6H2,1H3,(H,20,21)/b11-7+. The molecule has 0 saturated heterocycles. The van der Waals surface area contributed by atoms with Gasteiger partial charge in [0.1, 0.15) is 11.6 Å². The average Bonchev–Trinajstić information content (AvgIpc) is 2.37. The molecule has 2 rings (SSSR count). The van der Waals surface area contributed by atoms with E-state index >= 15 is 0 Å². The summed E-state index contributed by atoms with van der Waals surface area (Å²) in [5, 5.41) is 8.66. The van der Waals surface area contributed by atoms with E-state index < -0.39 is 17.6 Å². The van der Waals surface area contributed by atoms with Crippen molar-refractivity contribution in [3.63, 3.8) is 0 Å². The van der Waals surface area contributed by atoms with Crippen LogP contribution in [0.5, 0.6) is 0 Å². The van der Waals surface area contributed by atoms with Crippen LogP contribution in [-0.2, 0) is 11.2 Å². The normalized spacial score (nSPS) is 11.5. The lowest BCUT2D eigenvalue weighted by Crippen LogP contribution is -1.93. The van der Waals surface area contributed by atoms with Crippen LogP contribution < -0.4 is 0 Å². The zero-order valence-electron chi connectivity index (χ0n) is 11.4. The van der Waals surface area contributed by atoms with Crippen LogP contribution in [0.15, 0.2) is 54.1 Å². The first kappa shape index (κ1) is 14.9. The minimum Gasteiger partial charge on any atom is -0.478 e. The topological polar surface area (TPSA) is 37.3 Å². The molecule has 0 fully saturated rings. The van der Waals surface area contributed by atoms with Crippen LogP contribution >= 0.6 is 0 Å². The lowest BCUT2D eigenvalue weighted by molar-refractivity contribution is -0.131. The SMILES string of the molecule is C/C(=C\C(=O)O)Cc1ccc(-c2cc(F)cc(F)c2)cc1. The van der Waals surface area contributed by atoms with Crippen LogP contribution in [0.2, 0.25) is 0 Å². The van der Waals surface area contributed by atoms with Gasteiger partial charge in [0.2, 0.25) is 0 Å². The molecule has 0 radical (unpaired) electrons. The number of rotatable bonds is 4. The minimum atomic E-state index is -0.973. The van der Waals surface area contributed by atoms with E-state index in [0.29, 0.717) is 17.5 Å². The Morgan fingerprint density at radius 1 is 1.05 bits per heavy atom. The third-order valence-electron chi connectivity index (χ3n) is 3.00. The first-order valence-corrected chi connectivity index (χ1v) is 6.39. The molecule has 0 unspecified atom stereocenters. The predicted octanol–water partition coefficient (Wildman–Crippen LogP) is 4.21. The van der Waals surface area contributed by atoms with E-state index in [2.05, 4.69) is 0 Å². The zero-order chi connectivity index (χ0) is 15.4. The second-order valence-electron chi connectivity index (χ2n) is 4.86. The summed E-state index contributed by atoms with van der Waals surface area (Å²) in [4.78, 5) is 10.6. The summed E-state index contributed by atoms with van der Waals surface area (Å²) >= 11 is 0. The highest BCUT2D eigenvalue weighted by Crippen LogP contribution is 2.22. The third-order valence-corrected chi connectivity index (χ3v) is 3.00. The minimum absolute atomic E-state index is 0.469. The van der Waals surface area contributed by atoms with E-state index in [0.717, 1.165) is 23.3 Å². The van der Waals surface area contributed by atoms with Crippen LogP contribution in [0.1, 0.15) is 12.5 Å². The molecule has 0 aromatic heterocycles. The Labute approximate surface area is 121 Å². The van der Waals surface area contributed by atoms with Gasteiger partial charge in [0.25, 0.3) is 0 Å². The molecular formula is C17H14F2O2. The monoisotopic (exact) mass is 288 g/mol. The van der Waals surface area contributed by atoms with Crippen molar-refractivity contribution in [2.24, 2.45) is 0 Å². The molecule has 2 nitrogen and oxygen atoms in total. The quantitative estimate of drug-likeness (QED) is 0.856. The molecule has 2 aromatic carbocycles. The van der Waals surface area contributed by atoms with Gasteiger partial charge in [-0.25, -0.2) is 13.6 Å². The van der Waals surface area contributed by atoms with Gasteiger partial charge in [0, 0.05) is 12.1 Å². The van der Waals surface area contributed by atoms with Gasteiger partial charge in [-0.1, -0.05) is 29.8 Å². The summed E-state index contributed by atoms with van der Waals surface area (Å²) in [6.45, 7) is 1.74. The molecule has 0 saturated carbocycles. The summed E-state index contributed by atoms with van der Waals surface area (Å²) in [7, 11) is 0. The third kappa shape index (κ3) is 4.24. The highest BCUT2D eigenvalue weighted by atomic mass is 19.1. The molecule has 2 aromatic rings. The van der Waals surface area contributed by atoms with Crippen LogP contribution in [-0.4, -0.2) is 11.1 Å². The molecule has 0 heterocycles. The Kier molecular flexibility index (Phi) is 4.48. The van der Waals surface area contributed by atoms with Crippen LogP contribution in [0.3, 0.4) is 0 Å².